The van der Waals surface area contributed by atoms with Crippen LogP contribution in [0.5, 0.6) is 0 Å². The van der Waals surface area contributed by atoms with Crippen LogP contribution in [0, 0.1) is 13.8 Å². The molecule has 1 aromatic heterocycles. The Morgan fingerprint density at radius 3 is 2.68 bits per heavy atom. The minimum atomic E-state index is 0. The van der Waals surface area contributed by atoms with E-state index < -0.39 is 0 Å². The lowest BCUT2D eigenvalue weighted by molar-refractivity contribution is 0.392. The first-order valence-corrected chi connectivity index (χ1v) is 6.23. The molecule has 2 N–H and O–H groups in total. The molecule has 1 heterocycles. The first-order valence-electron chi connectivity index (χ1n) is 6.23. The van der Waals surface area contributed by atoms with E-state index in [0.717, 1.165) is 35.9 Å². The summed E-state index contributed by atoms with van der Waals surface area (Å²) < 4.78 is 5.12. The fraction of sp³-hybridized carbons (Fsp3) is 0.538. The van der Waals surface area contributed by atoms with Crippen LogP contribution in [0.25, 0.3) is 0 Å². The highest BCUT2D eigenvalue weighted by Gasteiger charge is 2.07. The molecule has 0 aliphatic rings. The molecule has 0 unspecified atom stereocenters. The molecule has 0 saturated heterocycles. The van der Waals surface area contributed by atoms with E-state index in [0.29, 0.717) is 13.1 Å². The molecule has 19 heavy (non-hydrogen) atoms. The summed E-state index contributed by atoms with van der Waals surface area (Å²) >= 11 is 0. The largest absolute Gasteiger partial charge is 0.361 e. The zero-order valence-electron chi connectivity index (χ0n) is 11.8. The van der Waals surface area contributed by atoms with Gasteiger partial charge in [-0.3, -0.25) is 4.99 Å². The average Bonchev–Trinajstić information content (AvgIpc) is 2.67. The fourth-order valence-electron chi connectivity index (χ4n) is 1.65. The molecular weight excluding hydrogens is 355 g/mol. The van der Waals surface area contributed by atoms with Gasteiger partial charge in [-0.1, -0.05) is 11.2 Å². The quantitative estimate of drug-likeness (QED) is 0.345. The fourth-order valence-corrected chi connectivity index (χ4v) is 1.65. The van der Waals surface area contributed by atoms with Gasteiger partial charge in [0.15, 0.2) is 5.96 Å². The second-order valence-corrected chi connectivity index (χ2v) is 3.98. The number of nitrogens with zero attached hydrogens (tertiary/aromatic N) is 2. The van der Waals surface area contributed by atoms with Crippen LogP contribution in [0.1, 0.15) is 23.9 Å². The van der Waals surface area contributed by atoms with Crippen molar-refractivity contribution in [3.63, 3.8) is 0 Å². The van der Waals surface area contributed by atoms with Gasteiger partial charge in [-0.15, -0.1) is 30.6 Å². The van der Waals surface area contributed by atoms with Crippen LogP contribution in [0.4, 0.5) is 0 Å². The van der Waals surface area contributed by atoms with Crippen LogP contribution >= 0.6 is 24.0 Å². The number of hydrogen-bond acceptors (Lipinski definition) is 3. The van der Waals surface area contributed by atoms with Gasteiger partial charge in [0.2, 0.25) is 0 Å². The summed E-state index contributed by atoms with van der Waals surface area (Å²) in [7, 11) is 0. The van der Waals surface area contributed by atoms with Crippen molar-refractivity contribution in [3.05, 3.63) is 29.7 Å². The molecule has 0 atom stereocenters. The molecule has 0 bridgehead atoms. The zero-order chi connectivity index (χ0) is 13.4. The molecule has 0 fully saturated rings. The van der Waals surface area contributed by atoms with Gasteiger partial charge >= 0.3 is 0 Å². The molecule has 0 aliphatic carbocycles. The Labute approximate surface area is 131 Å². The molecule has 1 aromatic rings. The van der Waals surface area contributed by atoms with E-state index in [-0.39, 0.29) is 24.0 Å². The Bertz CT molecular complexity index is 395. The number of rotatable bonds is 6. The minimum absolute atomic E-state index is 0. The van der Waals surface area contributed by atoms with Gasteiger partial charge in [-0.2, -0.15) is 0 Å². The number of guanidine groups is 1. The summed E-state index contributed by atoms with van der Waals surface area (Å²) in [5.74, 6) is 1.69. The van der Waals surface area contributed by atoms with Crippen LogP contribution in [0.3, 0.4) is 0 Å². The molecule has 1 rings (SSSR count). The van der Waals surface area contributed by atoms with Gasteiger partial charge in [0.1, 0.15) is 5.76 Å². The standard InChI is InChI=1S/C13H22N4O.HI/c1-5-8-15-13(14-6-2)16-9-7-12-10(3)17-18-11(12)4;/h5H,1,6-9H2,2-4H3,(H2,14,15,16);1H. The summed E-state index contributed by atoms with van der Waals surface area (Å²) in [5, 5.41) is 10.3. The Kier molecular flexibility index (Phi) is 9.28. The maximum Gasteiger partial charge on any atom is 0.191 e. The minimum Gasteiger partial charge on any atom is -0.361 e. The van der Waals surface area contributed by atoms with Crippen LogP contribution in [0.15, 0.2) is 22.2 Å². The highest BCUT2D eigenvalue weighted by Crippen LogP contribution is 2.12. The number of halogens is 1. The van der Waals surface area contributed by atoms with Crippen molar-refractivity contribution in [1.29, 1.82) is 0 Å². The second-order valence-electron chi connectivity index (χ2n) is 3.98. The first kappa shape index (κ1) is 17.9. The van der Waals surface area contributed by atoms with Gasteiger partial charge < -0.3 is 15.2 Å². The van der Waals surface area contributed by atoms with E-state index in [1.54, 1.807) is 6.08 Å². The predicted molar refractivity (Wildman–Crippen MR) is 89.3 cm³/mol. The van der Waals surface area contributed by atoms with E-state index >= 15 is 0 Å². The lowest BCUT2D eigenvalue weighted by atomic mass is 10.1. The molecule has 0 spiro atoms. The highest BCUT2D eigenvalue weighted by molar-refractivity contribution is 14.0. The lowest BCUT2D eigenvalue weighted by Gasteiger charge is -2.09. The van der Waals surface area contributed by atoms with Crippen LogP contribution in [-0.4, -0.2) is 30.8 Å². The second kappa shape index (κ2) is 9.82. The number of aliphatic imine (C=N–C) groups is 1. The van der Waals surface area contributed by atoms with Crippen LogP contribution in [0.2, 0.25) is 0 Å². The van der Waals surface area contributed by atoms with Crippen molar-refractivity contribution in [2.75, 3.05) is 19.6 Å². The van der Waals surface area contributed by atoms with Gasteiger partial charge in [0.25, 0.3) is 0 Å². The lowest BCUT2D eigenvalue weighted by Crippen LogP contribution is -2.37. The van der Waals surface area contributed by atoms with E-state index in [9.17, 15) is 0 Å². The summed E-state index contributed by atoms with van der Waals surface area (Å²) in [4.78, 5) is 4.49. The third-order valence-electron chi connectivity index (χ3n) is 2.57. The molecule has 5 nitrogen and oxygen atoms in total. The van der Waals surface area contributed by atoms with Gasteiger partial charge in [-0.25, -0.2) is 0 Å². The number of aromatic nitrogens is 1. The maximum atomic E-state index is 5.12. The number of hydrogen-bond donors (Lipinski definition) is 2. The van der Waals surface area contributed by atoms with E-state index in [1.165, 1.54) is 0 Å². The summed E-state index contributed by atoms with van der Waals surface area (Å²) in [6.07, 6.45) is 2.65. The molecule has 0 amide bonds. The third kappa shape index (κ3) is 6.09. The number of nitrogens with one attached hydrogen (secondary N) is 2. The molecule has 0 saturated carbocycles. The Balaban J connectivity index is 0.00000324. The number of aryl methyl sites for hydroxylation is 2. The van der Waals surface area contributed by atoms with Crippen molar-refractivity contribution in [3.8, 4) is 0 Å². The van der Waals surface area contributed by atoms with Crippen molar-refractivity contribution < 1.29 is 4.52 Å². The molecule has 0 aromatic carbocycles. The van der Waals surface area contributed by atoms with E-state index in [1.807, 2.05) is 20.8 Å². The monoisotopic (exact) mass is 378 g/mol. The molecule has 0 radical (unpaired) electrons. The van der Waals surface area contributed by atoms with Crippen molar-refractivity contribution in [1.82, 2.24) is 15.8 Å². The van der Waals surface area contributed by atoms with Gasteiger partial charge in [-0.05, 0) is 27.2 Å². The predicted octanol–water partition coefficient (Wildman–Crippen LogP) is 2.19. The average molecular weight is 378 g/mol. The summed E-state index contributed by atoms with van der Waals surface area (Å²) in [6, 6.07) is 0. The summed E-state index contributed by atoms with van der Waals surface area (Å²) in [6.45, 7) is 11.8. The molecule has 0 aliphatic heterocycles. The van der Waals surface area contributed by atoms with Crippen molar-refractivity contribution in [2.24, 2.45) is 4.99 Å². The van der Waals surface area contributed by atoms with Crippen LogP contribution < -0.4 is 10.6 Å². The van der Waals surface area contributed by atoms with Gasteiger partial charge in [0.05, 0.1) is 5.69 Å². The normalized spacial score (nSPS) is 10.8. The molecule has 108 valence electrons. The van der Waals surface area contributed by atoms with Gasteiger partial charge in [0, 0.05) is 25.2 Å². The third-order valence-corrected chi connectivity index (χ3v) is 2.57. The highest BCUT2D eigenvalue weighted by atomic mass is 127. The Hall–Kier alpha value is -1.05. The van der Waals surface area contributed by atoms with E-state index in [2.05, 4.69) is 27.4 Å². The Morgan fingerprint density at radius 2 is 2.16 bits per heavy atom. The SMILES string of the molecule is C=CCNC(=NCCc1c(C)noc1C)NCC.I. The zero-order valence-corrected chi connectivity index (χ0v) is 14.2. The smallest absolute Gasteiger partial charge is 0.191 e. The first-order chi connectivity index (χ1) is 8.69. The van der Waals surface area contributed by atoms with Crippen molar-refractivity contribution in [2.45, 2.75) is 27.2 Å². The molecule has 6 heteroatoms. The molecular formula is C13H23IN4O. The summed E-state index contributed by atoms with van der Waals surface area (Å²) in [5.41, 5.74) is 2.10. The topological polar surface area (TPSA) is 62.5 Å². The van der Waals surface area contributed by atoms with E-state index in [4.69, 9.17) is 4.52 Å². The maximum absolute atomic E-state index is 5.12. The van der Waals surface area contributed by atoms with Crippen molar-refractivity contribution >= 4 is 29.9 Å². The Morgan fingerprint density at radius 1 is 1.42 bits per heavy atom. The van der Waals surface area contributed by atoms with Crippen LogP contribution in [-0.2, 0) is 6.42 Å².